The van der Waals surface area contributed by atoms with Crippen molar-refractivity contribution in [3.8, 4) is 11.5 Å². The number of carbonyl (C=O) groups excluding carboxylic acids is 2. The van der Waals surface area contributed by atoms with Crippen molar-refractivity contribution in [2.24, 2.45) is 0 Å². The van der Waals surface area contributed by atoms with Crippen LogP contribution >= 0.6 is 0 Å². The zero-order valence-corrected chi connectivity index (χ0v) is 20.1. The fourth-order valence-corrected chi connectivity index (χ4v) is 4.79. The predicted molar refractivity (Wildman–Crippen MR) is 141 cm³/mol. The Morgan fingerprint density at radius 1 is 0.611 bits per heavy atom. The first-order chi connectivity index (χ1) is 17.6. The summed E-state index contributed by atoms with van der Waals surface area (Å²) in [5, 5.41) is 10.5. The monoisotopic (exact) mass is 482 g/mol. The summed E-state index contributed by atoms with van der Waals surface area (Å²) in [7, 11) is 0. The highest BCUT2D eigenvalue weighted by atomic mass is 16.5. The molecule has 0 aliphatic heterocycles. The molecule has 6 nitrogen and oxygen atoms in total. The summed E-state index contributed by atoms with van der Waals surface area (Å²) in [6.07, 6.45) is 3.66. The van der Waals surface area contributed by atoms with E-state index in [0.717, 1.165) is 47.2 Å². The standard InChI is InChI=1S/C30H30N2O4/c33-29(19-35-25-15-13-21-7-1-3-9-23(21)17-25)31-27-11-5-6-12-28(27)32-30(34)20-36-26-16-14-22-8-2-4-10-24(22)18-26/h1-4,7-10,13-18,27-28H,5-6,11-12,19-20H2,(H,31,33)(H,32,34)/t27-,28-/m1/s1. The van der Waals surface area contributed by atoms with Gasteiger partial charge in [-0.15, -0.1) is 0 Å². The molecular formula is C30H30N2O4. The SMILES string of the molecule is O=C(COc1ccc2ccccc2c1)N[C@@H]1CCCC[C@H]1NC(=O)COc1ccc2ccccc2c1. The van der Waals surface area contributed by atoms with Crippen molar-refractivity contribution in [2.75, 3.05) is 13.2 Å². The smallest absolute Gasteiger partial charge is 0.258 e. The van der Waals surface area contributed by atoms with Gasteiger partial charge in [0.15, 0.2) is 13.2 Å². The van der Waals surface area contributed by atoms with E-state index in [9.17, 15) is 9.59 Å². The van der Waals surface area contributed by atoms with E-state index >= 15 is 0 Å². The normalized spacial score (nSPS) is 17.4. The molecule has 1 saturated carbocycles. The number of benzene rings is 4. The first-order valence-corrected chi connectivity index (χ1v) is 12.5. The molecule has 2 amide bonds. The summed E-state index contributed by atoms with van der Waals surface area (Å²) in [6.45, 7) is -0.138. The first kappa shape index (κ1) is 23.7. The molecular weight excluding hydrogens is 452 g/mol. The van der Waals surface area contributed by atoms with Crippen LogP contribution in [0.25, 0.3) is 21.5 Å². The lowest BCUT2D eigenvalue weighted by Gasteiger charge is -2.32. The van der Waals surface area contributed by atoms with Crippen molar-refractivity contribution in [1.29, 1.82) is 0 Å². The van der Waals surface area contributed by atoms with Crippen LogP contribution in [0.1, 0.15) is 25.7 Å². The van der Waals surface area contributed by atoms with Gasteiger partial charge in [0.1, 0.15) is 11.5 Å². The quantitative estimate of drug-likeness (QED) is 0.371. The number of hydrogen-bond donors (Lipinski definition) is 2. The molecule has 4 aromatic rings. The Bertz CT molecular complexity index is 1260. The van der Waals surface area contributed by atoms with Gasteiger partial charge in [0, 0.05) is 12.1 Å². The average molecular weight is 483 g/mol. The van der Waals surface area contributed by atoms with Crippen molar-refractivity contribution in [3.63, 3.8) is 0 Å². The molecule has 1 fully saturated rings. The third kappa shape index (κ3) is 5.95. The molecule has 0 aromatic heterocycles. The Kier molecular flexibility index (Phi) is 7.31. The number of carbonyl (C=O) groups is 2. The molecule has 2 atom stereocenters. The highest BCUT2D eigenvalue weighted by Gasteiger charge is 2.28. The lowest BCUT2D eigenvalue weighted by molar-refractivity contribution is -0.127. The van der Waals surface area contributed by atoms with Crippen LogP contribution in [0.4, 0.5) is 0 Å². The second-order valence-electron chi connectivity index (χ2n) is 9.23. The van der Waals surface area contributed by atoms with Gasteiger partial charge in [-0.3, -0.25) is 9.59 Å². The van der Waals surface area contributed by atoms with Gasteiger partial charge in [-0.2, -0.15) is 0 Å². The number of fused-ring (bicyclic) bond motifs is 2. The van der Waals surface area contributed by atoms with E-state index in [-0.39, 0.29) is 37.1 Å². The summed E-state index contributed by atoms with van der Waals surface area (Å²) < 4.78 is 11.5. The van der Waals surface area contributed by atoms with Crippen LogP contribution in [0.5, 0.6) is 11.5 Å². The average Bonchev–Trinajstić information content (AvgIpc) is 2.91. The fourth-order valence-electron chi connectivity index (χ4n) is 4.79. The lowest BCUT2D eigenvalue weighted by Crippen LogP contribution is -2.54. The van der Waals surface area contributed by atoms with Gasteiger partial charge in [-0.1, -0.05) is 73.5 Å². The van der Waals surface area contributed by atoms with E-state index in [2.05, 4.69) is 10.6 Å². The van der Waals surface area contributed by atoms with Crippen molar-refractivity contribution >= 4 is 33.4 Å². The molecule has 0 bridgehead atoms. The maximum Gasteiger partial charge on any atom is 0.258 e. The van der Waals surface area contributed by atoms with Crippen molar-refractivity contribution in [1.82, 2.24) is 10.6 Å². The summed E-state index contributed by atoms with van der Waals surface area (Å²) in [6, 6.07) is 27.3. The van der Waals surface area contributed by atoms with E-state index in [1.165, 1.54) is 0 Å². The van der Waals surface area contributed by atoms with Crippen molar-refractivity contribution < 1.29 is 19.1 Å². The van der Waals surface area contributed by atoms with Crippen LogP contribution < -0.4 is 20.1 Å². The first-order valence-electron chi connectivity index (χ1n) is 12.5. The molecule has 0 saturated heterocycles. The number of hydrogen-bond acceptors (Lipinski definition) is 4. The maximum atomic E-state index is 12.6. The molecule has 0 radical (unpaired) electrons. The molecule has 1 aliphatic rings. The van der Waals surface area contributed by atoms with Gasteiger partial charge in [-0.25, -0.2) is 0 Å². The Hall–Kier alpha value is -4.06. The number of nitrogens with one attached hydrogen (secondary N) is 2. The third-order valence-electron chi connectivity index (χ3n) is 6.64. The third-order valence-corrected chi connectivity index (χ3v) is 6.64. The van der Waals surface area contributed by atoms with E-state index in [1.54, 1.807) is 0 Å². The topological polar surface area (TPSA) is 76.7 Å². The number of amides is 2. The molecule has 1 aliphatic carbocycles. The van der Waals surface area contributed by atoms with Crippen LogP contribution in [0.15, 0.2) is 84.9 Å². The molecule has 36 heavy (non-hydrogen) atoms. The molecule has 5 rings (SSSR count). The maximum absolute atomic E-state index is 12.6. The van der Waals surface area contributed by atoms with Crippen LogP contribution in [0, 0.1) is 0 Å². The Morgan fingerprint density at radius 3 is 1.47 bits per heavy atom. The zero-order valence-electron chi connectivity index (χ0n) is 20.1. The molecule has 184 valence electrons. The van der Waals surface area contributed by atoms with Gasteiger partial charge in [0.25, 0.3) is 11.8 Å². The Balaban J connectivity index is 1.11. The molecule has 4 aromatic carbocycles. The van der Waals surface area contributed by atoms with Crippen LogP contribution in [-0.2, 0) is 9.59 Å². The van der Waals surface area contributed by atoms with E-state index in [4.69, 9.17) is 9.47 Å². The van der Waals surface area contributed by atoms with E-state index < -0.39 is 0 Å². The van der Waals surface area contributed by atoms with Crippen molar-refractivity contribution in [2.45, 2.75) is 37.8 Å². The van der Waals surface area contributed by atoms with Crippen molar-refractivity contribution in [3.05, 3.63) is 84.9 Å². The minimum absolute atomic E-state index is 0.0689. The van der Waals surface area contributed by atoms with E-state index in [0.29, 0.717) is 11.5 Å². The van der Waals surface area contributed by atoms with Crippen LogP contribution in [-0.4, -0.2) is 37.1 Å². The van der Waals surface area contributed by atoms with Crippen LogP contribution in [0.2, 0.25) is 0 Å². The second kappa shape index (κ2) is 11.1. The fraction of sp³-hybridized carbons (Fsp3) is 0.267. The summed E-state index contributed by atoms with van der Waals surface area (Å²) in [4.78, 5) is 25.2. The minimum Gasteiger partial charge on any atom is -0.484 e. The summed E-state index contributed by atoms with van der Waals surface area (Å²) >= 11 is 0. The zero-order chi connectivity index (χ0) is 24.7. The Morgan fingerprint density at radius 2 is 1.03 bits per heavy atom. The molecule has 2 N–H and O–H groups in total. The molecule has 0 unspecified atom stereocenters. The van der Waals surface area contributed by atoms with Gasteiger partial charge in [0.2, 0.25) is 0 Å². The van der Waals surface area contributed by atoms with Crippen LogP contribution in [0.3, 0.4) is 0 Å². The van der Waals surface area contributed by atoms with Gasteiger partial charge in [0.05, 0.1) is 0 Å². The highest BCUT2D eigenvalue weighted by Crippen LogP contribution is 2.22. The lowest BCUT2D eigenvalue weighted by atomic mass is 9.90. The predicted octanol–water partition coefficient (Wildman–Crippen LogP) is 4.99. The molecule has 0 heterocycles. The van der Waals surface area contributed by atoms with Gasteiger partial charge in [-0.05, 0) is 58.7 Å². The second-order valence-corrected chi connectivity index (χ2v) is 9.23. The minimum atomic E-state index is -0.193. The van der Waals surface area contributed by atoms with Gasteiger partial charge < -0.3 is 20.1 Å². The summed E-state index contributed by atoms with van der Waals surface area (Å²) in [5.74, 6) is 0.926. The number of rotatable bonds is 8. The largest absolute Gasteiger partial charge is 0.484 e. The summed E-state index contributed by atoms with van der Waals surface area (Å²) in [5.41, 5.74) is 0. The number of ether oxygens (including phenoxy) is 2. The van der Waals surface area contributed by atoms with E-state index in [1.807, 2.05) is 84.9 Å². The molecule has 0 spiro atoms. The Labute approximate surface area is 210 Å². The van der Waals surface area contributed by atoms with Gasteiger partial charge >= 0.3 is 0 Å². The highest BCUT2D eigenvalue weighted by molar-refractivity contribution is 5.85. The molecule has 6 heteroatoms.